The second-order valence-corrected chi connectivity index (χ2v) is 6.41. The van der Waals surface area contributed by atoms with E-state index in [4.69, 9.17) is 14.2 Å². The normalized spacial score (nSPS) is 10.6. The van der Waals surface area contributed by atoms with E-state index in [1.54, 1.807) is 0 Å². The number of hydrogen-bond acceptors (Lipinski definition) is 6. The van der Waals surface area contributed by atoms with Gasteiger partial charge >= 0.3 is 0 Å². The lowest BCUT2D eigenvalue weighted by atomic mass is 10.2. The molecule has 0 unspecified atom stereocenters. The van der Waals surface area contributed by atoms with E-state index in [0.717, 1.165) is 32.0 Å². The summed E-state index contributed by atoms with van der Waals surface area (Å²) in [5.74, 6) is 0.0891. The van der Waals surface area contributed by atoms with E-state index in [1.165, 1.54) is 0 Å². The molecule has 0 heterocycles. The number of hydrogen-bond donors (Lipinski definition) is 2. The number of ether oxygens (including phenoxy) is 3. The molecule has 0 aromatic rings. The third kappa shape index (κ3) is 20.8. The van der Waals surface area contributed by atoms with Crippen molar-refractivity contribution in [2.24, 2.45) is 0 Å². The Hall–Kier alpha value is -1.51. The van der Waals surface area contributed by atoms with Crippen LogP contribution in [0.2, 0.25) is 0 Å². The van der Waals surface area contributed by atoms with Crippen LogP contribution in [-0.4, -0.2) is 70.8 Å². The van der Waals surface area contributed by atoms with Crippen LogP contribution in [-0.2, 0) is 28.6 Å². The number of unbranched alkanes of at least 4 members (excludes halogenated alkanes) is 2. The zero-order valence-corrected chi connectivity index (χ0v) is 17.3. The second kappa shape index (κ2) is 21.8. The van der Waals surface area contributed by atoms with Gasteiger partial charge in [-0.25, -0.2) is 0 Å². The SMILES string of the molecule is CCCCC(=O)NCCCOCCOCCOCCCNC(=O)CCCC=O. The van der Waals surface area contributed by atoms with Gasteiger partial charge in [-0.05, 0) is 25.7 Å². The summed E-state index contributed by atoms with van der Waals surface area (Å²) in [6, 6.07) is 0. The van der Waals surface area contributed by atoms with Crippen LogP contribution in [0.4, 0.5) is 0 Å². The molecule has 8 heteroatoms. The van der Waals surface area contributed by atoms with E-state index in [9.17, 15) is 14.4 Å². The van der Waals surface area contributed by atoms with Crippen LogP contribution in [0.3, 0.4) is 0 Å². The van der Waals surface area contributed by atoms with Gasteiger partial charge in [-0.3, -0.25) is 9.59 Å². The minimum atomic E-state index is -0.0240. The van der Waals surface area contributed by atoms with Crippen LogP contribution < -0.4 is 10.6 Å². The minimum Gasteiger partial charge on any atom is -0.379 e. The molecule has 0 spiro atoms. The van der Waals surface area contributed by atoms with Crippen molar-refractivity contribution < 1.29 is 28.6 Å². The molecule has 0 rings (SSSR count). The van der Waals surface area contributed by atoms with Crippen molar-refractivity contribution in [3.63, 3.8) is 0 Å². The second-order valence-electron chi connectivity index (χ2n) is 6.41. The van der Waals surface area contributed by atoms with Crippen molar-refractivity contribution in [2.45, 2.75) is 58.3 Å². The van der Waals surface area contributed by atoms with Gasteiger partial charge in [0.2, 0.25) is 11.8 Å². The van der Waals surface area contributed by atoms with Gasteiger partial charge in [-0.2, -0.15) is 0 Å². The summed E-state index contributed by atoms with van der Waals surface area (Å²) in [7, 11) is 0. The van der Waals surface area contributed by atoms with Crippen molar-refractivity contribution in [3.8, 4) is 0 Å². The topological polar surface area (TPSA) is 103 Å². The number of aldehydes is 1. The molecule has 0 aliphatic rings. The summed E-state index contributed by atoms with van der Waals surface area (Å²) >= 11 is 0. The molecule has 0 fully saturated rings. The summed E-state index contributed by atoms with van der Waals surface area (Å²) in [4.78, 5) is 32.9. The summed E-state index contributed by atoms with van der Waals surface area (Å²) in [6.45, 7) is 6.53. The largest absolute Gasteiger partial charge is 0.379 e. The van der Waals surface area contributed by atoms with Crippen LogP contribution in [0.25, 0.3) is 0 Å². The molecule has 8 nitrogen and oxygen atoms in total. The Bertz CT molecular complexity index is 393. The Morgan fingerprint density at radius 1 is 0.714 bits per heavy atom. The first kappa shape index (κ1) is 26.5. The Labute approximate surface area is 169 Å². The van der Waals surface area contributed by atoms with Gasteiger partial charge in [-0.1, -0.05) is 13.3 Å². The number of rotatable bonds is 21. The van der Waals surface area contributed by atoms with E-state index in [2.05, 4.69) is 17.6 Å². The summed E-state index contributed by atoms with van der Waals surface area (Å²) in [6.07, 6.45) is 6.36. The van der Waals surface area contributed by atoms with Crippen molar-refractivity contribution >= 4 is 18.1 Å². The standard InChI is InChI=1S/C20H38N2O6/c1-2-3-8-19(24)21-10-6-13-26-15-17-28-18-16-27-14-7-11-22-20(25)9-4-5-12-23/h12H,2-11,13-18H2,1H3,(H,21,24)(H,22,25). The van der Waals surface area contributed by atoms with E-state index in [1.807, 2.05) is 0 Å². The lowest BCUT2D eigenvalue weighted by molar-refractivity contribution is -0.122. The molecule has 0 atom stereocenters. The molecule has 0 bridgehead atoms. The molecule has 2 amide bonds. The van der Waals surface area contributed by atoms with Crippen molar-refractivity contribution in [3.05, 3.63) is 0 Å². The third-order valence-electron chi connectivity index (χ3n) is 3.80. The van der Waals surface area contributed by atoms with Gasteiger partial charge in [0.15, 0.2) is 0 Å². The van der Waals surface area contributed by atoms with Crippen LogP contribution in [0.1, 0.15) is 58.3 Å². The predicted molar refractivity (Wildman–Crippen MR) is 107 cm³/mol. The maximum Gasteiger partial charge on any atom is 0.220 e. The number of amides is 2. The van der Waals surface area contributed by atoms with E-state index in [0.29, 0.717) is 78.4 Å². The van der Waals surface area contributed by atoms with Gasteiger partial charge in [-0.15, -0.1) is 0 Å². The molecular weight excluding hydrogens is 364 g/mol. The highest BCUT2D eigenvalue weighted by Crippen LogP contribution is 1.94. The highest BCUT2D eigenvalue weighted by Gasteiger charge is 2.00. The van der Waals surface area contributed by atoms with Crippen molar-refractivity contribution in [2.75, 3.05) is 52.7 Å². The van der Waals surface area contributed by atoms with Crippen LogP contribution in [0.15, 0.2) is 0 Å². The fourth-order valence-corrected chi connectivity index (χ4v) is 2.21. The third-order valence-corrected chi connectivity index (χ3v) is 3.80. The maximum atomic E-state index is 11.4. The molecule has 0 saturated heterocycles. The number of carbonyl (C=O) groups excluding carboxylic acids is 3. The minimum absolute atomic E-state index is 0.0240. The van der Waals surface area contributed by atoms with Gasteiger partial charge < -0.3 is 29.6 Å². The average molecular weight is 403 g/mol. The molecule has 28 heavy (non-hydrogen) atoms. The highest BCUT2D eigenvalue weighted by atomic mass is 16.5. The molecule has 2 N–H and O–H groups in total. The number of nitrogens with one attached hydrogen (secondary N) is 2. The van der Waals surface area contributed by atoms with Gasteiger partial charge in [0.05, 0.1) is 26.4 Å². The molecule has 0 aromatic heterocycles. The van der Waals surface area contributed by atoms with E-state index >= 15 is 0 Å². The van der Waals surface area contributed by atoms with Crippen LogP contribution in [0.5, 0.6) is 0 Å². The van der Waals surface area contributed by atoms with Gasteiger partial charge in [0.1, 0.15) is 6.29 Å². The highest BCUT2D eigenvalue weighted by molar-refractivity contribution is 5.76. The number of carbonyl (C=O) groups is 3. The quantitative estimate of drug-likeness (QED) is 0.223. The van der Waals surface area contributed by atoms with Crippen molar-refractivity contribution in [1.29, 1.82) is 0 Å². The lowest BCUT2D eigenvalue weighted by Gasteiger charge is -2.08. The Morgan fingerprint density at radius 3 is 1.64 bits per heavy atom. The average Bonchev–Trinajstić information content (AvgIpc) is 2.69. The fourth-order valence-electron chi connectivity index (χ4n) is 2.21. The van der Waals surface area contributed by atoms with Crippen molar-refractivity contribution in [1.82, 2.24) is 10.6 Å². The Balaban J connectivity index is 3.15. The van der Waals surface area contributed by atoms with E-state index < -0.39 is 0 Å². The zero-order chi connectivity index (χ0) is 20.7. The predicted octanol–water partition coefficient (Wildman–Crippen LogP) is 1.61. The zero-order valence-electron chi connectivity index (χ0n) is 17.3. The molecule has 0 aliphatic carbocycles. The van der Waals surface area contributed by atoms with Gasteiger partial charge in [0, 0.05) is 45.6 Å². The Kier molecular flexibility index (Phi) is 20.6. The molecule has 0 saturated carbocycles. The molecule has 0 aliphatic heterocycles. The molecule has 164 valence electrons. The smallest absolute Gasteiger partial charge is 0.220 e. The van der Waals surface area contributed by atoms with Crippen LogP contribution >= 0.6 is 0 Å². The van der Waals surface area contributed by atoms with Gasteiger partial charge in [0.25, 0.3) is 0 Å². The summed E-state index contributed by atoms with van der Waals surface area (Å²) in [5, 5.41) is 5.66. The summed E-state index contributed by atoms with van der Waals surface area (Å²) in [5.41, 5.74) is 0. The first-order chi connectivity index (χ1) is 13.7. The van der Waals surface area contributed by atoms with E-state index in [-0.39, 0.29) is 11.8 Å². The molecular formula is C20H38N2O6. The lowest BCUT2D eigenvalue weighted by Crippen LogP contribution is -2.25. The maximum absolute atomic E-state index is 11.4. The molecule has 0 aromatic carbocycles. The first-order valence-corrected chi connectivity index (χ1v) is 10.4. The Morgan fingerprint density at radius 2 is 1.18 bits per heavy atom. The first-order valence-electron chi connectivity index (χ1n) is 10.4. The molecule has 0 radical (unpaired) electrons. The fraction of sp³-hybridized carbons (Fsp3) is 0.850. The monoisotopic (exact) mass is 402 g/mol. The summed E-state index contributed by atoms with van der Waals surface area (Å²) < 4.78 is 16.3. The van der Waals surface area contributed by atoms with Crippen LogP contribution in [0, 0.1) is 0 Å².